The standard InChI is InChI=1S/C22H31FN4OS/c1-16(15-22(2,3)4)13-20(28)26-9-11-27(12-10-26)21-24-19(25-29-21)14-17-5-7-18(23)8-6-17/h5-8,16H,9-15H2,1-4H3. The monoisotopic (exact) mass is 418 g/mol. The van der Waals surface area contributed by atoms with Crippen LogP contribution in [0.5, 0.6) is 0 Å². The molecular formula is C22H31FN4OS. The Balaban J connectivity index is 1.48. The molecular weight excluding hydrogens is 387 g/mol. The summed E-state index contributed by atoms with van der Waals surface area (Å²) in [4.78, 5) is 21.5. The molecule has 0 aliphatic carbocycles. The fourth-order valence-corrected chi connectivity index (χ4v) is 4.66. The molecule has 0 spiro atoms. The Bertz CT molecular complexity index is 807. The van der Waals surface area contributed by atoms with Crippen LogP contribution in [0.2, 0.25) is 0 Å². The highest BCUT2D eigenvalue weighted by atomic mass is 32.1. The molecule has 29 heavy (non-hydrogen) atoms. The van der Waals surface area contributed by atoms with Crippen LogP contribution in [0.4, 0.5) is 9.52 Å². The molecule has 2 aromatic rings. The summed E-state index contributed by atoms with van der Waals surface area (Å²) < 4.78 is 17.5. The maximum Gasteiger partial charge on any atom is 0.222 e. The number of carbonyl (C=O) groups excluding carboxylic acids is 1. The molecule has 158 valence electrons. The highest BCUT2D eigenvalue weighted by molar-refractivity contribution is 7.09. The van der Waals surface area contributed by atoms with Crippen molar-refractivity contribution in [3.63, 3.8) is 0 Å². The Labute approximate surface area is 177 Å². The van der Waals surface area contributed by atoms with Gasteiger partial charge in [-0.05, 0) is 35.4 Å². The number of amides is 1. The lowest BCUT2D eigenvalue weighted by atomic mass is 9.84. The van der Waals surface area contributed by atoms with Crippen molar-refractivity contribution in [1.29, 1.82) is 0 Å². The van der Waals surface area contributed by atoms with Crippen LogP contribution in [-0.4, -0.2) is 46.3 Å². The second-order valence-electron chi connectivity index (χ2n) is 9.24. The number of anilines is 1. The van der Waals surface area contributed by atoms with Crippen LogP contribution >= 0.6 is 11.5 Å². The van der Waals surface area contributed by atoms with Crippen molar-refractivity contribution in [3.05, 3.63) is 41.5 Å². The third-order valence-corrected chi connectivity index (χ3v) is 5.93. The van der Waals surface area contributed by atoms with Gasteiger partial charge < -0.3 is 9.80 Å². The second-order valence-corrected chi connectivity index (χ2v) is 9.97. The normalized spacial score (nSPS) is 16.2. The lowest BCUT2D eigenvalue weighted by Gasteiger charge is -2.35. The average molecular weight is 419 g/mol. The maximum atomic E-state index is 13.0. The molecule has 3 rings (SSSR count). The molecule has 1 atom stereocenters. The highest BCUT2D eigenvalue weighted by Gasteiger charge is 2.25. The molecule has 0 bridgehead atoms. The van der Waals surface area contributed by atoms with Crippen molar-refractivity contribution in [1.82, 2.24) is 14.3 Å². The van der Waals surface area contributed by atoms with E-state index in [-0.39, 0.29) is 17.1 Å². The molecule has 1 aromatic heterocycles. The lowest BCUT2D eigenvalue weighted by molar-refractivity contribution is -0.132. The van der Waals surface area contributed by atoms with E-state index >= 15 is 0 Å². The van der Waals surface area contributed by atoms with E-state index in [4.69, 9.17) is 0 Å². The second kappa shape index (κ2) is 9.20. The summed E-state index contributed by atoms with van der Waals surface area (Å²) in [6.45, 7) is 11.9. The van der Waals surface area contributed by atoms with Crippen molar-refractivity contribution in [2.75, 3.05) is 31.1 Å². The third-order valence-electron chi connectivity index (χ3n) is 5.12. The van der Waals surface area contributed by atoms with Gasteiger partial charge in [-0.15, -0.1) is 0 Å². The number of benzene rings is 1. The van der Waals surface area contributed by atoms with E-state index in [1.54, 1.807) is 12.1 Å². The zero-order valence-electron chi connectivity index (χ0n) is 17.8. The van der Waals surface area contributed by atoms with E-state index in [0.717, 1.165) is 49.1 Å². The summed E-state index contributed by atoms with van der Waals surface area (Å²) in [5.41, 5.74) is 1.25. The molecule has 1 aromatic carbocycles. The van der Waals surface area contributed by atoms with Crippen molar-refractivity contribution in [2.24, 2.45) is 11.3 Å². The van der Waals surface area contributed by atoms with Gasteiger partial charge in [0, 0.05) is 50.6 Å². The van der Waals surface area contributed by atoms with Gasteiger partial charge in [0.25, 0.3) is 0 Å². The Morgan fingerprint density at radius 2 is 1.83 bits per heavy atom. The summed E-state index contributed by atoms with van der Waals surface area (Å²) in [5, 5.41) is 0.898. The number of hydrogen-bond acceptors (Lipinski definition) is 5. The van der Waals surface area contributed by atoms with Gasteiger partial charge in [0.1, 0.15) is 11.6 Å². The van der Waals surface area contributed by atoms with Crippen LogP contribution in [0, 0.1) is 17.2 Å². The Morgan fingerprint density at radius 3 is 2.45 bits per heavy atom. The quantitative estimate of drug-likeness (QED) is 0.699. The summed E-state index contributed by atoms with van der Waals surface area (Å²) in [7, 11) is 0. The van der Waals surface area contributed by atoms with Gasteiger partial charge in [-0.25, -0.2) is 9.37 Å². The number of aromatic nitrogens is 2. The molecule has 0 radical (unpaired) electrons. The number of carbonyl (C=O) groups is 1. The summed E-state index contributed by atoms with van der Waals surface area (Å²) in [6.07, 6.45) is 2.28. The minimum atomic E-state index is -0.235. The van der Waals surface area contributed by atoms with Crippen LogP contribution in [0.25, 0.3) is 0 Å². The zero-order valence-corrected chi connectivity index (χ0v) is 18.6. The summed E-state index contributed by atoms with van der Waals surface area (Å²) >= 11 is 1.39. The third kappa shape index (κ3) is 6.49. The highest BCUT2D eigenvalue weighted by Crippen LogP contribution is 2.27. The molecule has 1 saturated heterocycles. The molecule has 0 saturated carbocycles. The molecule has 7 heteroatoms. The lowest BCUT2D eigenvalue weighted by Crippen LogP contribution is -2.49. The van der Waals surface area contributed by atoms with Gasteiger partial charge in [-0.3, -0.25) is 4.79 Å². The first kappa shape index (κ1) is 21.7. The molecule has 1 fully saturated rings. The number of halogens is 1. The number of nitrogens with zero attached hydrogens (tertiary/aromatic N) is 4. The minimum absolute atomic E-state index is 0.235. The predicted octanol–water partition coefficient (Wildman–Crippen LogP) is 4.38. The Kier molecular flexibility index (Phi) is 6.88. The molecule has 1 aliphatic rings. The SMILES string of the molecule is CC(CC(=O)N1CCN(c2nc(Cc3ccc(F)cc3)ns2)CC1)CC(C)(C)C. The smallest absolute Gasteiger partial charge is 0.222 e. The van der Waals surface area contributed by atoms with Crippen LogP contribution < -0.4 is 4.90 Å². The minimum Gasteiger partial charge on any atom is -0.343 e. The molecule has 2 heterocycles. The van der Waals surface area contributed by atoms with Crippen LogP contribution in [0.1, 0.15) is 51.9 Å². The van der Waals surface area contributed by atoms with Gasteiger partial charge in [-0.1, -0.05) is 39.8 Å². The van der Waals surface area contributed by atoms with Gasteiger partial charge >= 0.3 is 0 Å². The van der Waals surface area contributed by atoms with Crippen LogP contribution in [-0.2, 0) is 11.2 Å². The summed E-state index contributed by atoms with van der Waals surface area (Å²) in [5.74, 6) is 1.18. The van der Waals surface area contributed by atoms with E-state index in [9.17, 15) is 9.18 Å². The average Bonchev–Trinajstić information content (AvgIpc) is 3.10. The van der Waals surface area contributed by atoms with Gasteiger partial charge in [0.05, 0.1) is 0 Å². The molecule has 1 amide bonds. The van der Waals surface area contributed by atoms with Crippen LogP contribution in [0.15, 0.2) is 24.3 Å². The van der Waals surface area contributed by atoms with Gasteiger partial charge in [-0.2, -0.15) is 4.37 Å². The van der Waals surface area contributed by atoms with Crippen molar-refractivity contribution >= 4 is 22.6 Å². The largest absolute Gasteiger partial charge is 0.343 e. The zero-order chi connectivity index (χ0) is 21.0. The first-order valence-corrected chi connectivity index (χ1v) is 11.1. The van der Waals surface area contributed by atoms with Crippen molar-refractivity contribution in [3.8, 4) is 0 Å². The maximum absolute atomic E-state index is 13.0. The molecule has 5 nitrogen and oxygen atoms in total. The topological polar surface area (TPSA) is 49.3 Å². The van der Waals surface area contributed by atoms with E-state index in [1.165, 1.54) is 23.7 Å². The number of piperazine rings is 1. The van der Waals surface area contributed by atoms with E-state index in [2.05, 4.69) is 42.0 Å². The first-order valence-electron chi connectivity index (χ1n) is 10.3. The predicted molar refractivity (Wildman–Crippen MR) is 116 cm³/mol. The summed E-state index contributed by atoms with van der Waals surface area (Å²) in [6, 6.07) is 6.45. The van der Waals surface area contributed by atoms with E-state index < -0.39 is 0 Å². The van der Waals surface area contributed by atoms with E-state index in [0.29, 0.717) is 18.8 Å². The molecule has 1 unspecified atom stereocenters. The number of rotatable bonds is 6. The van der Waals surface area contributed by atoms with E-state index in [1.807, 2.05) is 4.90 Å². The Hall–Kier alpha value is -2.02. The Morgan fingerprint density at radius 1 is 1.17 bits per heavy atom. The first-order chi connectivity index (χ1) is 13.7. The number of hydrogen-bond donors (Lipinski definition) is 0. The molecule has 0 N–H and O–H groups in total. The van der Waals surface area contributed by atoms with Gasteiger partial charge in [0.2, 0.25) is 11.0 Å². The fraction of sp³-hybridized carbons (Fsp3) is 0.591. The van der Waals surface area contributed by atoms with Crippen molar-refractivity contribution < 1.29 is 9.18 Å². The van der Waals surface area contributed by atoms with Crippen LogP contribution in [0.3, 0.4) is 0 Å². The van der Waals surface area contributed by atoms with Crippen molar-refractivity contribution in [2.45, 2.75) is 47.0 Å². The molecule has 1 aliphatic heterocycles. The van der Waals surface area contributed by atoms with Gasteiger partial charge in [0.15, 0.2) is 0 Å². The fourth-order valence-electron chi connectivity index (χ4n) is 3.92.